The van der Waals surface area contributed by atoms with Crippen LogP contribution < -0.4 is 15.9 Å². The van der Waals surface area contributed by atoms with Gasteiger partial charge < -0.3 is 9.29 Å². The second-order valence-corrected chi connectivity index (χ2v) is 8.10. The molecular weight excluding hydrogens is 409 g/mol. The smallest absolute Gasteiger partial charge is 0.441 e. The van der Waals surface area contributed by atoms with Crippen molar-refractivity contribution in [3.8, 4) is 5.75 Å². The van der Waals surface area contributed by atoms with E-state index in [1.807, 2.05) is 26.0 Å². The first-order valence-corrected chi connectivity index (χ1v) is 10.2. The Morgan fingerprint density at radius 3 is 2.37 bits per heavy atom. The number of hydrogen-bond acceptors (Lipinski definition) is 4. The second kappa shape index (κ2) is 9.10. The molecule has 1 heterocycles. The quantitative estimate of drug-likeness (QED) is 0.596. The van der Waals surface area contributed by atoms with Gasteiger partial charge in [-0.15, -0.1) is 3.97 Å². The summed E-state index contributed by atoms with van der Waals surface area (Å²) in [7, 11) is 1.23. The summed E-state index contributed by atoms with van der Waals surface area (Å²) in [4.78, 5) is 28.5. The van der Waals surface area contributed by atoms with Crippen molar-refractivity contribution < 1.29 is 18.5 Å². The molecule has 0 saturated carbocycles. The number of ether oxygens (including phenoxy) is 1. The van der Waals surface area contributed by atoms with Gasteiger partial charge in [0.1, 0.15) is 23.3 Å². The number of para-hydroxylation sites is 1. The van der Waals surface area contributed by atoms with Crippen molar-refractivity contribution >= 4 is 17.5 Å². The summed E-state index contributed by atoms with van der Waals surface area (Å²) in [5, 5.41) is 0. The summed E-state index contributed by atoms with van der Waals surface area (Å²) in [5.41, 5.74) is -0.274. The molecule has 9 heteroatoms. The molecule has 3 rings (SSSR count). The summed E-state index contributed by atoms with van der Waals surface area (Å²) in [6.45, 7) is 4.05. The van der Waals surface area contributed by atoms with Gasteiger partial charge >= 0.3 is 11.8 Å². The number of halogens is 1. The molecule has 156 valence electrons. The lowest BCUT2D eigenvalue weighted by Gasteiger charge is -2.13. The summed E-state index contributed by atoms with van der Waals surface area (Å²) in [6, 6.07) is 15.0. The van der Waals surface area contributed by atoms with Crippen LogP contribution in [0.4, 0.5) is 9.18 Å². The molecule has 0 aliphatic heterocycles. The molecule has 0 aliphatic rings. The molecule has 2 aromatic carbocycles. The van der Waals surface area contributed by atoms with Crippen LogP contribution in [0, 0.1) is 5.82 Å². The first-order valence-electron chi connectivity index (χ1n) is 9.10. The van der Waals surface area contributed by atoms with Gasteiger partial charge in [-0.1, -0.05) is 44.2 Å². The van der Waals surface area contributed by atoms with E-state index < -0.39 is 34.4 Å². The molecule has 1 atom stereocenters. The Hall–Kier alpha value is -3.17. The Morgan fingerprint density at radius 2 is 1.77 bits per heavy atom. The molecule has 0 saturated heterocycles. The van der Waals surface area contributed by atoms with Gasteiger partial charge in [0.05, 0.1) is 0 Å². The summed E-state index contributed by atoms with van der Waals surface area (Å²) < 4.78 is 34.0. The van der Waals surface area contributed by atoms with Gasteiger partial charge in [-0.05, 0) is 35.7 Å². The molecule has 30 heavy (non-hydrogen) atoms. The van der Waals surface area contributed by atoms with Crippen LogP contribution in [0.1, 0.15) is 25.3 Å². The fourth-order valence-corrected chi connectivity index (χ4v) is 3.69. The van der Waals surface area contributed by atoms with Gasteiger partial charge in [0.25, 0.3) is 0 Å². The highest BCUT2D eigenvalue weighted by Crippen LogP contribution is 2.18. The van der Waals surface area contributed by atoms with E-state index in [9.17, 15) is 18.5 Å². The van der Waals surface area contributed by atoms with E-state index in [0.29, 0.717) is 10.8 Å². The average Bonchev–Trinajstić information content (AvgIpc) is 2.74. The molecule has 0 fully saturated rings. The zero-order chi connectivity index (χ0) is 21.8. The Morgan fingerprint density at radius 1 is 1.13 bits per heavy atom. The number of nitrogens with zero attached hydrogens (tertiary/aromatic N) is 3. The SMILES string of the molecule is CC(C)c1ccc([S+]([O-])n2cc(F)/c(=N\C(=O)Oc3ccccc3)n(C)c2=O)cc1. The molecule has 7 nitrogen and oxygen atoms in total. The van der Waals surface area contributed by atoms with Gasteiger partial charge in [0.15, 0.2) is 16.2 Å². The van der Waals surface area contributed by atoms with Gasteiger partial charge in [-0.3, -0.25) is 4.57 Å². The molecule has 1 aromatic heterocycles. The highest BCUT2D eigenvalue weighted by atomic mass is 32.2. The topological polar surface area (TPSA) is 88.6 Å². The zero-order valence-corrected chi connectivity index (χ0v) is 17.4. The van der Waals surface area contributed by atoms with Crippen molar-refractivity contribution in [1.82, 2.24) is 8.54 Å². The standard InChI is InChI=1S/C21H20FN3O4S/c1-14(2)15-9-11-17(12-10-15)30(28)25-13-18(22)19(24(3)21(25)27)23-20(26)29-16-7-5-4-6-8-16/h4-14H,1-3H3/b23-19+. The number of carbonyl (C=O) groups excluding carboxylic acids is 1. The van der Waals surface area contributed by atoms with Gasteiger partial charge in [-0.2, -0.15) is 4.99 Å². The number of amides is 1. The number of benzene rings is 2. The van der Waals surface area contributed by atoms with E-state index in [1.54, 1.807) is 30.3 Å². The lowest BCUT2D eigenvalue weighted by atomic mass is 10.0. The molecule has 0 N–H and O–H groups in total. The first kappa shape index (κ1) is 21.5. The maximum absolute atomic E-state index is 14.6. The summed E-state index contributed by atoms with van der Waals surface area (Å²) in [5.74, 6) is -0.468. The van der Waals surface area contributed by atoms with Crippen LogP contribution in [0.15, 0.2) is 75.5 Å². The molecule has 0 bridgehead atoms. The number of hydrogen-bond donors (Lipinski definition) is 0. The molecule has 0 radical (unpaired) electrons. The Bertz CT molecular complexity index is 1170. The van der Waals surface area contributed by atoms with Crippen LogP contribution in [0.5, 0.6) is 5.75 Å². The van der Waals surface area contributed by atoms with Crippen LogP contribution in [-0.4, -0.2) is 19.2 Å². The molecule has 1 unspecified atom stereocenters. The number of carbonyl (C=O) groups is 1. The third-order valence-corrected chi connectivity index (χ3v) is 5.60. The second-order valence-electron chi connectivity index (χ2n) is 6.73. The highest BCUT2D eigenvalue weighted by Gasteiger charge is 2.20. The van der Waals surface area contributed by atoms with Crippen molar-refractivity contribution in [2.24, 2.45) is 12.0 Å². The maximum atomic E-state index is 14.6. The Labute approximate surface area is 175 Å². The molecule has 0 spiro atoms. The fourth-order valence-electron chi connectivity index (χ4n) is 2.64. The van der Waals surface area contributed by atoms with Crippen LogP contribution in [0.3, 0.4) is 0 Å². The Kier molecular flexibility index (Phi) is 6.53. The number of aromatic nitrogens is 2. The monoisotopic (exact) mass is 429 g/mol. The molecule has 1 amide bonds. The maximum Gasteiger partial charge on any atom is 0.441 e. The molecular formula is C21H20FN3O4S. The third kappa shape index (κ3) is 4.69. The van der Waals surface area contributed by atoms with E-state index in [4.69, 9.17) is 4.74 Å². The van der Waals surface area contributed by atoms with Crippen LogP contribution in [0.25, 0.3) is 0 Å². The minimum absolute atomic E-state index is 0.230. The lowest BCUT2D eigenvalue weighted by molar-refractivity contribution is 0.209. The molecule has 3 aromatic rings. The minimum atomic E-state index is -1.97. The van der Waals surface area contributed by atoms with Crippen molar-refractivity contribution in [3.63, 3.8) is 0 Å². The van der Waals surface area contributed by atoms with Gasteiger partial charge in [-0.25, -0.2) is 14.0 Å². The van der Waals surface area contributed by atoms with Crippen LogP contribution in [0.2, 0.25) is 0 Å². The van der Waals surface area contributed by atoms with Crippen molar-refractivity contribution in [2.45, 2.75) is 24.7 Å². The predicted octanol–water partition coefficient (Wildman–Crippen LogP) is 3.12. The van der Waals surface area contributed by atoms with E-state index in [2.05, 4.69) is 4.99 Å². The number of rotatable bonds is 4. The predicted molar refractivity (Wildman–Crippen MR) is 110 cm³/mol. The normalized spacial score (nSPS) is 12.8. The van der Waals surface area contributed by atoms with E-state index >= 15 is 0 Å². The zero-order valence-electron chi connectivity index (χ0n) is 16.6. The summed E-state index contributed by atoms with van der Waals surface area (Å²) >= 11 is -1.97. The van der Waals surface area contributed by atoms with Gasteiger partial charge in [0, 0.05) is 7.05 Å². The fraction of sp³-hybridized carbons (Fsp3) is 0.190. The van der Waals surface area contributed by atoms with Gasteiger partial charge in [0.2, 0.25) is 0 Å². The van der Waals surface area contributed by atoms with E-state index in [-0.39, 0.29) is 5.75 Å². The van der Waals surface area contributed by atoms with Crippen LogP contribution >= 0.6 is 0 Å². The first-order chi connectivity index (χ1) is 14.3. The third-order valence-electron chi connectivity index (χ3n) is 4.31. The molecule has 0 aliphatic carbocycles. The average molecular weight is 429 g/mol. The summed E-state index contributed by atoms with van der Waals surface area (Å²) in [6.07, 6.45) is -0.318. The lowest BCUT2D eigenvalue weighted by Crippen LogP contribution is -2.43. The van der Waals surface area contributed by atoms with Crippen LogP contribution in [-0.2, 0) is 18.4 Å². The van der Waals surface area contributed by atoms with E-state index in [1.165, 1.54) is 19.2 Å². The van der Waals surface area contributed by atoms with E-state index in [0.717, 1.165) is 20.3 Å². The Balaban J connectivity index is 1.94. The van der Waals surface area contributed by atoms with Crippen molar-refractivity contribution in [2.75, 3.05) is 0 Å². The van der Waals surface area contributed by atoms with Crippen molar-refractivity contribution in [3.05, 3.63) is 88.1 Å². The minimum Gasteiger partial charge on any atom is -0.587 e. The largest absolute Gasteiger partial charge is 0.587 e. The van der Waals surface area contributed by atoms with Crippen molar-refractivity contribution in [1.29, 1.82) is 0 Å². The highest BCUT2D eigenvalue weighted by molar-refractivity contribution is 7.89.